The molecule has 1 heterocycles. The van der Waals surface area contributed by atoms with E-state index in [4.69, 9.17) is 4.74 Å². The van der Waals surface area contributed by atoms with Gasteiger partial charge in [0.2, 0.25) is 5.91 Å². The lowest BCUT2D eigenvalue weighted by Crippen LogP contribution is -2.12. The first kappa shape index (κ1) is 17.7. The molecule has 0 bridgehead atoms. The van der Waals surface area contributed by atoms with Crippen molar-refractivity contribution >= 4 is 11.6 Å². The first-order chi connectivity index (χ1) is 12.6. The largest absolute Gasteiger partial charge is 0.494 e. The Morgan fingerprint density at radius 1 is 1.19 bits per heavy atom. The number of hydrogen-bond donors (Lipinski definition) is 1. The molecule has 0 aliphatic heterocycles. The zero-order valence-electron chi connectivity index (χ0n) is 15.0. The summed E-state index contributed by atoms with van der Waals surface area (Å²) in [6.07, 6.45) is 2.71. The second-order valence-electron chi connectivity index (χ2n) is 6.16. The van der Waals surface area contributed by atoms with Crippen molar-refractivity contribution < 1.29 is 9.53 Å². The minimum atomic E-state index is -0.0346. The third-order valence-corrected chi connectivity index (χ3v) is 3.95. The minimum Gasteiger partial charge on any atom is -0.494 e. The molecular formula is C20H22N4O2. The molecule has 0 aliphatic rings. The van der Waals surface area contributed by atoms with Gasteiger partial charge in [-0.2, -0.15) is 0 Å². The number of aromatic nitrogens is 3. The molecule has 3 aromatic rings. The summed E-state index contributed by atoms with van der Waals surface area (Å²) >= 11 is 0. The summed E-state index contributed by atoms with van der Waals surface area (Å²) < 4.78 is 7.48. The third-order valence-electron chi connectivity index (χ3n) is 3.95. The molecule has 134 valence electrons. The van der Waals surface area contributed by atoms with Gasteiger partial charge in [0, 0.05) is 24.7 Å². The van der Waals surface area contributed by atoms with Crippen molar-refractivity contribution in [2.24, 2.45) is 7.05 Å². The Kier molecular flexibility index (Phi) is 5.63. The van der Waals surface area contributed by atoms with Gasteiger partial charge in [-0.1, -0.05) is 29.8 Å². The second-order valence-corrected chi connectivity index (χ2v) is 6.16. The number of carbonyl (C=O) groups is 1. The molecule has 0 atom stereocenters. The molecule has 6 nitrogen and oxygen atoms in total. The maximum Gasteiger partial charge on any atom is 0.224 e. The Bertz CT molecular complexity index is 872. The van der Waals surface area contributed by atoms with Crippen molar-refractivity contribution in [2.75, 3.05) is 11.9 Å². The van der Waals surface area contributed by atoms with E-state index in [2.05, 4.69) is 15.5 Å². The van der Waals surface area contributed by atoms with Crippen LogP contribution in [0.4, 0.5) is 5.69 Å². The summed E-state index contributed by atoms with van der Waals surface area (Å²) in [6.45, 7) is 2.54. The van der Waals surface area contributed by atoms with Crippen LogP contribution < -0.4 is 10.1 Å². The lowest BCUT2D eigenvalue weighted by Gasteiger charge is -2.08. The van der Waals surface area contributed by atoms with Crippen LogP contribution in [0.3, 0.4) is 0 Å². The number of aryl methyl sites for hydroxylation is 2. The molecule has 1 aromatic heterocycles. The molecule has 3 rings (SSSR count). The Morgan fingerprint density at radius 2 is 2.00 bits per heavy atom. The maximum absolute atomic E-state index is 12.1. The van der Waals surface area contributed by atoms with Gasteiger partial charge in [0.15, 0.2) is 5.82 Å². The predicted octanol–water partition coefficient (Wildman–Crippen LogP) is 3.59. The van der Waals surface area contributed by atoms with Crippen molar-refractivity contribution in [3.05, 3.63) is 60.4 Å². The summed E-state index contributed by atoms with van der Waals surface area (Å²) in [5, 5.41) is 10.9. The average molecular weight is 350 g/mol. The normalized spacial score (nSPS) is 10.5. The Hall–Kier alpha value is -3.15. The highest BCUT2D eigenvalue weighted by Gasteiger charge is 2.07. The zero-order chi connectivity index (χ0) is 18.4. The Labute approximate surface area is 152 Å². The maximum atomic E-state index is 12.1. The van der Waals surface area contributed by atoms with E-state index in [0.29, 0.717) is 19.4 Å². The number of anilines is 1. The Morgan fingerprint density at radius 3 is 2.73 bits per heavy atom. The molecule has 0 aliphatic carbocycles. The number of benzene rings is 2. The number of nitrogens with one attached hydrogen (secondary N) is 1. The van der Waals surface area contributed by atoms with Gasteiger partial charge in [-0.3, -0.25) is 4.79 Å². The number of hydrogen-bond acceptors (Lipinski definition) is 4. The summed E-state index contributed by atoms with van der Waals surface area (Å²) in [7, 11) is 1.88. The lowest BCUT2D eigenvalue weighted by molar-refractivity contribution is -0.116. The van der Waals surface area contributed by atoms with E-state index in [1.807, 2.05) is 67.1 Å². The monoisotopic (exact) mass is 350 g/mol. The number of carbonyl (C=O) groups excluding carboxylic acids is 1. The van der Waals surface area contributed by atoms with Crippen LogP contribution in [0.5, 0.6) is 5.75 Å². The molecule has 1 N–H and O–H groups in total. The van der Waals surface area contributed by atoms with Gasteiger partial charge in [0.05, 0.1) is 6.61 Å². The standard InChI is InChI=1S/C20H22N4O2/c1-15-8-10-18(11-9-15)26-12-4-7-19(25)22-17-6-3-5-16(13-17)20-23-21-14-24(20)2/h3,5-6,8-11,13-14H,4,7,12H2,1-2H3,(H,22,25). The third kappa shape index (κ3) is 4.69. The summed E-state index contributed by atoms with van der Waals surface area (Å²) in [5.41, 5.74) is 2.85. The van der Waals surface area contributed by atoms with Crippen LogP contribution in [0.1, 0.15) is 18.4 Å². The van der Waals surface area contributed by atoms with Gasteiger partial charge in [0.25, 0.3) is 0 Å². The first-order valence-electron chi connectivity index (χ1n) is 8.55. The highest BCUT2D eigenvalue weighted by molar-refractivity contribution is 5.91. The highest BCUT2D eigenvalue weighted by atomic mass is 16.5. The molecule has 0 saturated heterocycles. The fraction of sp³-hybridized carbons (Fsp3) is 0.250. The van der Waals surface area contributed by atoms with Crippen molar-refractivity contribution in [1.29, 1.82) is 0 Å². The van der Waals surface area contributed by atoms with Gasteiger partial charge >= 0.3 is 0 Å². The van der Waals surface area contributed by atoms with Gasteiger partial charge < -0.3 is 14.6 Å². The number of amides is 1. The first-order valence-corrected chi connectivity index (χ1v) is 8.55. The fourth-order valence-electron chi connectivity index (χ4n) is 2.56. The van der Waals surface area contributed by atoms with Gasteiger partial charge in [0.1, 0.15) is 12.1 Å². The zero-order valence-corrected chi connectivity index (χ0v) is 15.0. The van der Waals surface area contributed by atoms with E-state index >= 15 is 0 Å². The summed E-state index contributed by atoms with van der Waals surface area (Å²) in [5.74, 6) is 1.55. The van der Waals surface area contributed by atoms with E-state index < -0.39 is 0 Å². The second kappa shape index (κ2) is 8.29. The lowest BCUT2D eigenvalue weighted by atomic mass is 10.2. The molecule has 6 heteroatoms. The van der Waals surface area contributed by atoms with E-state index in [9.17, 15) is 4.79 Å². The van der Waals surface area contributed by atoms with Gasteiger partial charge in [-0.25, -0.2) is 0 Å². The van der Waals surface area contributed by atoms with Crippen LogP contribution in [0.25, 0.3) is 11.4 Å². The minimum absolute atomic E-state index is 0.0346. The van der Waals surface area contributed by atoms with E-state index in [1.165, 1.54) is 5.56 Å². The number of ether oxygens (including phenoxy) is 1. The molecule has 0 saturated carbocycles. The number of rotatable bonds is 7. The summed E-state index contributed by atoms with van der Waals surface area (Å²) in [4.78, 5) is 12.1. The predicted molar refractivity (Wildman–Crippen MR) is 101 cm³/mol. The smallest absolute Gasteiger partial charge is 0.224 e. The van der Waals surface area contributed by atoms with E-state index in [-0.39, 0.29) is 5.91 Å². The quantitative estimate of drug-likeness (QED) is 0.661. The highest BCUT2D eigenvalue weighted by Crippen LogP contribution is 2.20. The molecule has 0 fully saturated rings. The van der Waals surface area contributed by atoms with Crippen molar-refractivity contribution in [3.8, 4) is 17.1 Å². The molecule has 0 radical (unpaired) electrons. The van der Waals surface area contributed by atoms with Crippen LogP contribution in [0.15, 0.2) is 54.9 Å². The summed E-state index contributed by atoms with van der Waals surface area (Å²) in [6, 6.07) is 15.5. The van der Waals surface area contributed by atoms with Gasteiger partial charge in [-0.15, -0.1) is 10.2 Å². The molecule has 2 aromatic carbocycles. The van der Waals surface area contributed by atoms with Crippen molar-refractivity contribution in [3.63, 3.8) is 0 Å². The van der Waals surface area contributed by atoms with Crippen LogP contribution >= 0.6 is 0 Å². The fourth-order valence-corrected chi connectivity index (χ4v) is 2.56. The topological polar surface area (TPSA) is 69.0 Å². The van der Waals surface area contributed by atoms with Crippen molar-refractivity contribution in [1.82, 2.24) is 14.8 Å². The van der Waals surface area contributed by atoms with Gasteiger partial charge in [-0.05, 0) is 37.6 Å². The molecule has 26 heavy (non-hydrogen) atoms. The molecular weight excluding hydrogens is 328 g/mol. The van der Waals surface area contributed by atoms with Crippen molar-refractivity contribution in [2.45, 2.75) is 19.8 Å². The average Bonchev–Trinajstić information content (AvgIpc) is 3.06. The molecule has 0 unspecified atom stereocenters. The van der Waals surface area contributed by atoms with E-state index in [1.54, 1.807) is 6.33 Å². The Balaban J connectivity index is 1.47. The SMILES string of the molecule is Cc1ccc(OCCCC(=O)Nc2cccc(-c3nncn3C)c2)cc1. The van der Waals surface area contributed by atoms with Crippen LogP contribution in [0, 0.1) is 6.92 Å². The van der Waals surface area contributed by atoms with Crippen LogP contribution in [-0.4, -0.2) is 27.3 Å². The van der Waals surface area contributed by atoms with Crippen LogP contribution in [-0.2, 0) is 11.8 Å². The van der Waals surface area contributed by atoms with Crippen LogP contribution in [0.2, 0.25) is 0 Å². The van der Waals surface area contributed by atoms with E-state index in [0.717, 1.165) is 22.8 Å². The number of nitrogens with zero attached hydrogens (tertiary/aromatic N) is 3. The molecule has 1 amide bonds. The molecule has 0 spiro atoms.